The van der Waals surface area contributed by atoms with Crippen molar-refractivity contribution in [3.8, 4) is 5.75 Å². The first-order chi connectivity index (χ1) is 10.6. The molecule has 1 unspecified atom stereocenters. The largest absolute Gasteiger partial charge is 0.483 e. The Hall–Kier alpha value is -1.81. The monoisotopic (exact) mass is 361 g/mol. The summed E-state index contributed by atoms with van der Waals surface area (Å²) in [5.74, 6) is 0.634. The fraction of sp³-hybridized carbons (Fsp3) is 0.278. The number of amides is 1. The molecule has 0 aliphatic carbocycles. The lowest BCUT2D eigenvalue weighted by Gasteiger charge is -2.15. The van der Waals surface area contributed by atoms with Crippen LogP contribution in [0.3, 0.4) is 0 Å². The molecular formula is C18H20BrNO2. The van der Waals surface area contributed by atoms with Crippen molar-refractivity contribution in [2.24, 2.45) is 0 Å². The maximum absolute atomic E-state index is 12.0. The normalized spacial score (nSPS) is 11.8. The highest BCUT2D eigenvalue weighted by molar-refractivity contribution is 9.10. The minimum atomic E-state index is -0.124. The van der Waals surface area contributed by atoms with Gasteiger partial charge in [-0.15, -0.1) is 0 Å². The molecule has 0 bridgehead atoms. The Morgan fingerprint density at radius 2 is 1.95 bits per heavy atom. The van der Waals surface area contributed by atoms with E-state index in [2.05, 4.69) is 28.2 Å². The number of carbonyl (C=O) groups excluding carboxylic acids is 1. The van der Waals surface area contributed by atoms with Crippen LogP contribution in [0.15, 0.2) is 53.0 Å². The molecule has 1 N–H and O–H groups in total. The van der Waals surface area contributed by atoms with Crippen molar-refractivity contribution in [2.45, 2.75) is 26.3 Å². The van der Waals surface area contributed by atoms with E-state index in [9.17, 15) is 4.79 Å². The van der Waals surface area contributed by atoms with Gasteiger partial charge in [-0.2, -0.15) is 0 Å². The molecule has 116 valence electrons. The minimum absolute atomic E-state index is 0.0196. The third-order valence-electron chi connectivity index (χ3n) is 3.44. The van der Waals surface area contributed by atoms with Gasteiger partial charge in [0.2, 0.25) is 0 Å². The van der Waals surface area contributed by atoms with Crippen LogP contribution in [-0.4, -0.2) is 12.5 Å². The summed E-state index contributed by atoms with van der Waals surface area (Å²) < 4.78 is 6.66. The summed E-state index contributed by atoms with van der Waals surface area (Å²) in [5.41, 5.74) is 2.16. The lowest BCUT2D eigenvalue weighted by Crippen LogP contribution is -2.31. The van der Waals surface area contributed by atoms with Crippen LogP contribution in [0, 0.1) is 0 Å². The molecule has 0 aliphatic rings. The molecule has 22 heavy (non-hydrogen) atoms. The van der Waals surface area contributed by atoms with Crippen LogP contribution in [-0.2, 0) is 11.2 Å². The van der Waals surface area contributed by atoms with Gasteiger partial charge in [-0.1, -0.05) is 53.2 Å². The Labute approximate surface area is 139 Å². The number of hydrogen-bond acceptors (Lipinski definition) is 2. The average molecular weight is 362 g/mol. The highest BCUT2D eigenvalue weighted by Gasteiger charge is 2.11. The number of halogens is 1. The van der Waals surface area contributed by atoms with E-state index < -0.39 is 0 Å². The number of rotatable bonds is 6. The molecule has 1 amide bonds. The van der Waals surface area contributed by atoms with E-state index in [-0.39, 0.29) is 18.6 Å². The molecule has 0 saturated carbocycles. The summed E-state index contributed by atoms with van der Waals surface area (Å²) in [6.45, 7) is 4.04. The fourth-order valence-corrected chi connectivity index (χ4v) is 2.63. The lowest BCUT2D eigenvalue weighted by molar-refractivity contribution is -0.123. The molecule has 0 fully saturated rings. The molecule has 2 aromatic rings. The third kappa shape index (κ3) is 4.60. The zero-order valence-electron chi connectivity index (χ0n) is 12.8. The van der Waals surface area contributed by atoms with Gasteiger partial charge in [-0.05, 0) is 42.7 Å². The maximum Gasteiger partial charge on any atom is 0.258 e. The fourth-order valence-electron chi connectivity index (χ4n) is 2.22. The first-order valence-corrected chi connectivity index (χ1v) is 8.15. The van der Waals surface area contributed by atoms with E-state index >= 15 is 0 Å². The van der Waals surface area contributed by atoms with Crippen LogP contribution in [0.4, 0.5) is 0 Å². The minimum Gasteiger partial charge on any atom is -0.483 e. The number of hydrogen-bond donors (Lipinski definition) is 1. The van der Waals surface area contributed by atoms with Gasteiger partial charge in [-0.3, -0.25) is 4.79 Å². The third-order valence-corrected chi connectivity index (χ3v) is 3.93. The Morgan fingerprint density at radius 3 is 2.64 bits per heavy atom. The van der Waals surface area contributed by atoms with Crippen molar-refractivity contribution >= 4 is 21.8 Å². The Morgan fingerprint density at radius 1 is 1.23 bits per heavy atom. The van der Waals surface area contributed by atoms with Crippen molar-refractivity contribution in [3.05, 3.63) is 64.1 Å². The van der Waals surface area contributed by atoms with Crippen LogP contribution in [0.25, 0.3) is 0 Å². The highest BCUT2D eigenvalue weighted by Crippen LogP contribution is 2.23. The quantitative estimate of drug-likeness (QED) is 0.834. The smallest absolute Gasteiger partial charge is 0.258 e. The zero-order valence-corrected chi connectivity index (χ0v) is 14.4. The average Bonchev–Trinajstić information content (AvgIpc) is 2.54. The maximum atomic E-state index is 12.0. The zero-order chi connectivity index (χ0) is 15.9. The highest BCUT2D eigenvalue weighted by atomic mass is 79.9. The summed E-state index contributed by atoms with van der Waals surface area (Å²) in [6, 6.07) is 15.7. The predicted molar refractivity (Wildman–Crippen MR) is 92.0 cm³/mol. The number of benzene rings is 2. The van der Waals surface area contributed by atoms with Crippen molar-refractivity contribution in [3.63, 3.8) is 0 Å². The SMILES string of the molecule is CCc1cc(Br)ccc1OCC(=O)NC(C)c1ccccc1. The topological polar surface area (TPSA) is 38.3 Å². The summed E-state index contributed by atoms with van der Waals surface area (Å²) >= 11 is 3.44. The van der Waals surface area contributed by atoms with Crippen molar-refractivity contribution in [1.82, 2.24) is 5.32 Å². The molecule has 0 heterocycles. The molecule has 4 heteroatoms. The van der Waals surface area contributed by atoms with Gasteiger partial charge in [0.05, 0.1) is 6.04 Å². The van der Waals surface area contributed by atoms with Gasteiger partial charge >= 0.3 is 0 Å². The van der Waals surface area contributed by atoms with E-state index in [1.54, 1.807) is 0 Å². The Kier molecular flexibility index (Phi) is 6.01. The van der Waals surface area contributed by atoms with Gasteiger partial charge in [0.1, 0.15) is 5.75 Å². The second-order valence-corrected chi connectivity index (χ2v) is 6.01. The first-order valence-electron chi connectivity index (χ1n) is 7.35. The van der Waals surface area contributed by atoms with Crippen LogP contribution < -0.4 is 10.1 Å². The van der Waals surface area contributed by atoms with E-state index in [1.807, 2.05) is 55.5 Å². The molecule has 0 aromatic heterocycles. The molecule has 2 aromatic carbocycles. The molecule has 2 rings (SSSR count). The molecule has 0 spiro atoms. The lowest BCUT2D eigenvalue weighted by atomic mass is 10.1. The van der Waals surface area contributed by atoms with Crippen molar-refractivity contribution in [2.75, 3.05) is 6.61 Å². The number of carbonyl (C=O) groups is 1. The number of nitrogens with one attached hydrogen (secondary N) is 1. The van der Waals surface area contributed by atoms with E-state index in [0.717, 1.165) is 27.8 Å². The molecular weight excluding hydrogens is 342 g/mol. The predicted octanol–water partition coefficient (Wildman–Crippen LogP) is 4.27. The molecule has 1 atom stereocenters. The molecule has 3 nitrogen and oxygen atoms in total. The van der Waals surface area contributed by atoms with Crippen LogP contribution in [0.5, 0.6) is 5.75 Å². The van der Waals surface area contributed by atoms with Crippen molar-refractivity contribution < 1.29 is 9.53 Å². The standard InChI is InChI=1S/C18H20BrNO2/c1-3-14-11-16(19)9-10-17(14)22-12-18(21)20-13(2)15-7-5-4-6-8-15/h4-11,13H,3,12H2,1-2H3,(H,20,21). The number of ether oxygens (including phenoxy) is 1. The Balaban J connectivity index is 1.90. The van der Waals surface area contributed by atoms with Gasteiger partial charge in [0, 0.05) is 4.47 Å². The summed E-state index contributed by atoms with van der Waals surface area (Å²) in [7, 11) is 0. The molecule has 0 saturated heterocycles. The van der Waals surface area contributed by atoms with Gasteiger partial charge < -0.3 is 10.1 Å². The first kappa shape index (κ1) is 16.6. The van der Waals surface area contributed by atoms with Gasteiger partial charge in [-0.25, -0.2) is 0 Å². The molecule has 0 radical (unpaired) electrons. The summed E-state index contributed by atoms with van der Waals surface area (Å²) in [5, 5.41) is 2.94. The Bertz CT molecular complexity index is 628. The van der Waals surface area contributed by atoms with Crippen LogP contribution in [0.1, 0.15) is 31.0 Å². The number of aryl methyl sites for hydroxylation is 1. The summed E-state index contributed by atoms with van der Waals surface area (Å²) in [6.07, 6.45) is 0.858. The van der Waals surface area contributed by atoms with Crippen LogP contribution >= 0.6 is 15.9 Å². The van der Waals surface area contributed by atoms with Gasteiger partial charge in [0.25, 0.3) is 5.91 Å². The molecule has 0 aliphatic heterocycles. The van der Waals surface area contributed by atoms with Gasteiger partial charge in [0.15, 0.2) is 6.61 Å². The van der Waals surface area contributed by atoms with E-state index in [1.165, 1.54) is 0 Å². The van der Waals surface area contributed by atoms with Crippen molar-refractivity contribution in [1.29, 1.82) is 0 Å². The van der Waals surface area contributed by atoms with E-state index in [4.69, 9.17) is 4.74 Å². The van der Waals surface area contributed by atoms with E-state index in [0.29, 0.717) is 0 Å². The van der Waals surface area contributed by atoms with Crippen LogP contribution in [0.2, 0.25) is 0 Å². The second-order valence-electron chi connectivity index (χ2n) is 5.09. The second kappa shape index (κ2) is 7.99. The summed E-state index contributed by atoms with van der Waals surface area (Å²) in [4.78, 5) is 12.0.